The first-order valence-corrected chi connectivity index (χ1v) is 7.77. The highest BCUT2D eigenvalue weighted by Crippen LogP contribution is 2.24. The van der Waals surface area contributed by atoms with Gasteiger partial charge in [-0.25, -0.2) is 4.98 Å². The van der Waals surface area contributed by atoms with Crippen molar-refractivity contribution in [2.45, 2.75) is 6.92 Å². The van der Waals surface area contributed by atoms with Crippen molar-refractivity contribution in [2.75, 3.05) is 17.7 Å². The number of aryl methyl sites for hydroxylation is 1. The minimum atomic E-state index is -0.341. The molecule has 2 N–H and O–H groups in total. The SMILES string of the molecule is COc1ccccc1NC(=O)c1nc(Nc2ccccc2)cnc1C. The van der Waals surface area contributed by atoms with Crippen LogP contribution in [-0.2, 0) is 0 Å². The first-order valence-electron chi connectivity index (χ1n) is 7.77. The molecule has 0 aliphatic rings. The van der Waals surface area contributed by atoms with Crippen LogP contribution < -0.4 is 15.4 Å². The summed E-state index contributed by atoms with van der Waals surface area (Å²) in [5.74, 6) is 0.744. The van der Waals surface area contributed by atoms with Crippen molar-refractivity contribution in [3.8, 4) is 5.75 Å². The molecule has 0 aliphatic carbocycles. The van der Waals surface area contributed by atoms with E-state index in [0.29, 0.717) is 22.9 Å². The molecule has 6 heteroatoms. The predicted molar refractivity (Wildman–Crippen MR) is 97.4 cm³/mol. The van der Waals surface area contributed by atoms with E-state index in [9.17, 15) is 4.79 Å². The maximum atomic E-state index is 12.6. The number of benzene rings is 2. The Kier molecular flexibility index (Phi) is 4.89. The third kappa shape index (κ3) is 3.92. The summed E-state index contributed by atoms with van der Waals surface area (Å²) in [4.78, 5) is 21.3. The molecule has 1 aromatic heterocycles. The highest BCUT2D eigenvalue weighted by Gasteiger charge is 2.15. The molecular weight excluding hydrogens is 316 g/mol. The molecule has 1 amide bonds. The molecule has 3 rings (SSSR count). The first kappa shape index (κ1) is 16.4. The van der Waals surface area contributed by atoms with Gasteiger partial charge < -0.3 is 15.4 Å². The molecule has 0 radical (unpaired) electrons. The molecule has 3 aromatic rings. The van der Waals surface area contributed by atoms with Crippen LogP contribution in [0.4, 0.5) is 17.2 Å². The normalized spacial score (nSPS) is 10.2. The molecule has 0 saturated carbocycles. The Morgan fingerprint density at radius 3 is 2.52 bits per heavy atom. The van der Waals surface area contributed by atoms with Gasteiger partial charge in [0.1, 0.15) is 11.6 Å². The number of aromatic nitrogens is 2. The Hall–Kier alpha value is -3.41. The van der Waals surface area contributed by atoms with E-state index in [1.54, 1.807) is 32.4 Å². The lowest BCUT2D eigenvalue weighted by atomic mass is 10.2. The molecule has 1 heterocycles. The molecule has 2 aromatic carbocycles. The summed E-state index contributed by atoms with van der Waals surface area (Å²) in [6, 6.07) is 16.8. The summed E-state index contributed by atoms with van der Waals surface area (Å²) < 4.78 is 5.25. The average Bonchev–Trinajstić information content (AvgIpc) is 2.64. The van der Waals surface area contributed by atoms with E-state index in [4.69, 9.17) is 4.74 Å². The van der Waals surface area contributed by atoms with Crippen LogP contribution >= 0.6 is 0 Å². The summed E-state index contributed by atoms with van der Waals surface area (Å²) in [5.41, 5.74) is 2.26. The number of carbonyl (C=O) groups excluding carboxylic acids is 1. The van der Waals surface area contributed by atoms with E-state index < -0.39 is 0 Å². The van der Waals surface area contributed by atoms with Gasteiger partial charge in [-0.3, -0.25) is 9.78 Å². The van der Waals surface area contributed by atoms with Crippen molar-refractivity contribution in [1.82, 2.24) is 9.97 Å². The average molecular weight is 334 g/mol. The molecule has 6 nitrogen and oxygen atoms in total. The van der Waals surface area contributed by atoms with Crippen molar-refractivity contribution in [3.63, 3.8) is 0 Å². The van der Waals surface area contributed by atoms with Crippen LogP contribution in [0.3, 0.4) is 0 Å². The number of para-hydroxylation sites is 3. The monoisotopic (exact) mass is 334 g/mol. The first-order chi connectivity index (χ1) is 12.2. The summed E-state index contributed by atoms with van der Waals surface area (Å²) in [7, 11) is 1.56. The topological polar surface area (TPSA) is 76.1 Å². The van der Waals surface area contributed by atoms with Crippen molar-refractivity contribution in [1.29, 1.82) is 0 Å². The fourth-order valence-electron chi connectivity index (χ4n) is 2.32. The molecule has 0 spiro atoms. The highest BCUT2D eigenvalue weighted by molar-refractivity contribution is 6.04. The predicted octanol–water partition coefficient (Wildman–Crippen LogP) is 3.79. The number of carbonyl (C=O) groups is 1. The molecule has 0 bridgehead atoms. The largest absolute Gasteiger partial charge is 0.495 e. The number of methoxy groups -OCH3 is 1. The van der Waals surface area contributed by atoms with Gasteiger partial charge in [0.25, 0.3) is 5.91 Å². The summed E-state index contributed by atoms with van der Waals surface area (Å²) in [5, 5.41) is 5.95. The smallest absolute Gasteiger partial charge is 0.276 e. The van der Waals surface area contributed by atoms with Crippen molar-refractivity contribution < 1.29 is 9.53 Å². The van der Waals surface area contributed by atoms with Gasteiger partial charge in [-0.15, -0.1) is 0 Å². The van der Waals surface area contributed by atoms with E-state index in [1.807, 2.05) is 42.5 Å². The minimum absolute atomic E-state index is 0.256. The quantitative estimate of drug-likeness (QED) is 0.742. The van der Waals surface area contributed by atoms with Crippen molar-refractivity contribution in [2.24, 2.45) is 0 Å². The third-order valence-corrected chi connectivity index (χ3v) is 3.57. The zero-order valence-electron chi connectivity index (χ0n) is 14.0. The fraction of sp³-hybridized carbons (Fsp3) is 0.105. The Morgan fingerprint density at radius 1 is 1.04 bits per heavy atom. The van der Waals surface area contributed by atoms with E-state index >= 15 is 0 Å². The van der Waals surface area contributed by atoms with Gasteiger partial charge in [-0.05, 0) is 31.2 Å². The lowest BCUT2D eigenvalue weighted by Crippen LogP contribution is -2.17. The van der Waals surface area contributed by atoms with Gasteiger partial charge in [-0.2, -0.15) is 0 Å². The Labute approximate surface area is 145 Å². The maximum absolute atomic E-state index is 12.6. The zero-order chi connectivity index (χ0) is 17.6. The van der Waals surface area contributed by atoms with Crippen molar-refractivity contribution in [3.05, 3.63) is 72.2 Å². The van der Waals surface area contributed by atoms with Gasteiger partial charge in [-0.1, -0.05) is 30.3 Å². The number of hydrogen-bond acceptors (Lipinski definition) is 5. The van der Waals surface area contributed by atoms with Gasteiger partial charge in [0.15, 0.2) is 5.69 Å². The van der Waals surface area contributed by atoms with Crippen molar-refractivity contribution >= 4 is 23.1 Å². The number of hydrogen-bond donors (Lipinski definition) is 2. The van der Waals surface area contributed by atoms with Crippen LogP contribution in [0.1, 0.15) is 16.2 Å². The Bertz CT molecular complexity index is 882. The van der Waals surface area contributed by atoms with Crippen LogP contribution in [0, 0.1) is 6.92 Å². The molecule has 0 atom stereocenters. The molecule has 126 valence electrons. The Morgan fingerprint density at radius 2 is 1.76 bits per heavy atom. The molecule has 0 aliphatic heterocycles. The fourth-order valence-corrected chi connectivity index (χ4v) is 2.32. The van der Waals surface area contributed by atoms with Crippen LogP contribution in [-0.4, -0.2) is 23.0 Å². The number of ether oxygens (including phenoxy) is 1. The highest BCUT2D eigenvalue weighted by atomic mass is 16.5. The minimum Gasteiger partial charge on any atom is -0.495 e. The molecular formula is C19H18N4O2. The van der Waals surface area contributed by atoms with E-state index in [0.717, 1.165) is 5.69 Å². The summed E-state index contributed by atoms with van der Waals surface area (Å²) in [6.07, 6.45) is 1.60. The lowest BCUT2D eigenvalue weighted by molar-refractivity contribution is 0.102. The van der Waals surface area contributed by atoms with E-state index in [-0.39, 0.29) is 11.6 Å². The zero-order valence-corrected chi connectivity index (χ0v) is 14.0. The lowest BCUT2D eigenvalue weighted by Gasteiger charge is -2.11. The van der Waals surface area contributed by atoms with Gasteiger partial charge >= 0.3 is 0 Å². The second-order valence-electron chi connectivity index (χ2n) is 5.33. The molecule has 25 heavy (non-hydrogen) atoms. The molecule has 0 unspecified atom stereocenters. The third-order valence-electron chi connectivity index (χ3n) is 3.57. The van der Waals surface area contributed by atoms with Crippen LogP contribution in [0.5, 0.6) is 5.75 Å². The maximum Gasteiger partial charge on any atom is 0.276 e. The van der Waals surface area contributed by atoms with Gasteiger partial charge in [0.2, 0.25) is 0 Å². The second-order valence-corrected chi connectivity index (χ2v) is 5.33. The number of nitrogens with zero attached hydrogens (tertiary/aromatic N) is 2. The second kappa shape index (κ2) is 7.44. The van der Waals surface area contributed by atoms with Crippen LogP contribution in [0.2, 0.25) is 0 Å². The number of nitrogens with one attached hydrogen (secondary N) is 2. The summed E-state index contributed by atoms with van der Waals surface area (Å²) in [6.45, 7) is 1.75. The molecule has 0 fully saturated rings. The van der Waals surface area contributed by atoms with Gasteiger partial charge in [0, 0.05) is 5.69 Å². The van der Waals surface area contributed by atoms with Gasteiger partial charge in [0.05, 0.1) is 24.7 Å². The molecule has 0 saturated heterocycles. The van der Waals surface area contributed by atoms with Crippen LogP contribution in [0.25, 0.3) is 0 Å². The summed E-state index contributed by atoms with van der Waals surface area (Å²) >= 11 is 0. The Balaban J connectivity index is 1.83. The number of anilines is 3. The standard InChI is InChI=1S/C19H18N4O2/c1-13-18(19(24)22-15-10-6-7-11-16(15)25-2)23-17(12-20-13)21-14-8-4-3-5-9-14/h3-12H,1-2H3,(H,21,23)(H,22,24). The van der Waals surface area contributed by atoms with E-state index in [1.165, 1.54) is 0 Å². The number of amides is 1. The van der Waals surface area contributed by atoms with Crippen LogP contribution in [0.15, 0.2) is 60.8 Å². The van der Waals surface area contributed by atoms with E-state index in [2.05, 4.69) is 20.6 Å². The number of rotatable bonds is 5.